The second-order valence-electron chi connectivity index (χ2n) is 7.59. The Labute approximate surface area is 146 Å². The van der Waals surface area contributed by atoms with Gasteiger partial charge in [-0.25, -0.2) is 0 Å². The monoisotopic (exact) mass is 338 g/mol. The van der Waals surface area contributed by atoms with Gasteiger partial charge in [-0.1, -0.05) is 31.3 Å². The summed E-state index contributed by atoms with van der Waals surface area (Å²) in [6.45, 7) is 7.19. The molecule has 0 aromatic rings. The van der Waals surface area contributed by atoms with E-state index < -0.39 is 0 Å². The minimum absolute atomic E-state index is 0.0605. The number of piperidine rings is 1. The van der Waals surface area contributed by atoms with E-state index >= 15 is 0 Å². The molecule has 0 spiro atoms. The maximum absolute atomic E-state index is 12.0. The molecule has 0 unspecified atom stereocenters. The number of carbonyl (C=O) groups is 1. The number of carbonyl (C=O) groups excluding carboxylic acids is 1. The summed E-state index contributed by atoms with van der Waals surface area (Å²) in [6, 6.07) is 1.29. The first-order chi connectivity index (χ1) is 11.5. The van der Waals surface area contributed by atoms with Crippen molar-refractivity contribution in [2.45, 2.75) is 83.8 Å². The molecule has 4 atom stereocenters. The summed E-state index contributed by atoms with van der Waals surface area (Å²) in [5, 5.41) is 6.98. The molecule has 2 aliphatic rings. The van der Waals surface area contributed by atoms with E-state index in [0.29, 0.717) is 30.4 Å². The highest BCUT2D eigenvalue weighted by atomic mass is 16.6. The van der Waals surface area contributed by atoms with Gasteiger partial charge in [-0.2, -0.15) is 0 Å². The Balaban J connectivity index is 1.71. The van der Waals surface area contributed by atoms with Gasteiger partial charge in [-0.15, -0.1) is 0 Å². The van der Waals surface area contributed by atoms with E-state index in [0.717, 1.165) is 6.42 Å². The van der Waals surface area contributed by atoms with Crippen molar-refractivity contribution in [2.24, 2.45) is 16.8 Å². The predicted octanol–water partition coefficient (Wildman–Crippen LogP) is 2.23. The first-order valence-corrected chi connectivity index (χ1v) is 9.46. The third-order valence-corrected chi connectivity index (χ3v) is 5.56. The highest BCUT2D eigenvalue weighted by molar-refractivity contribution is 5.82. The van der Waals surface area contributed by atoms with Crippen LogP contribution in [0.3, 0.4) is 0 Å². The lowest BCUT2D eigenvalue weighted by Gasteiger charge is -2.38. The molecule has 1 saturated carbocycles. The summed E-state index contributed by atoms with van der Waals surface area (Å²) in [7, 11) is 0. The molecule has 6 heteroatoms. The van der Waals surface area contributed by atoms with Crippen molar-refractivity contribution in [3.05, 3.63) is 0 Å². The molecule has 1 saturated heterocycles. The van der Waals surface area contributed by atoms with Crippen LogP contribution in [0.5, 0.6) is 0 Å². The van der Waals surface area contributed by atoms with Crippen LogP contribution < -0.4 is 11.1 Å². The number of hydrogen-bond acceptors (Lipinski definition) is 4. The summed E-state index contributed by atoms with van der Waals surface area (Å²) in [6.07, 6.45) is 8.35. The number of nitrogens with zero attached hydrogens (tertiary/aromatic N) is 2. The quantitative estimate of drug-likeness (QED) is 0.442. The molecule has 0 bridgehead atoms. The molecule has 24 heavy (non-hydrogen) atoms. The van der Waals surface area contributed by atoms with E-state index in [1.807, 2.05) is 0 Å². The molecular formula is C18H34N4O2. The van der Waals surface area contributed by atoms with Crippen molar-refractivity contribution in [1.29, 1.82) is 0 Å². The summed E-state index contributed by atoms with van der Waals surface area (Å²) in [5.74, 6) is 0.873. The fourth-order valence-corrected chi connectivity index (χ4v) is 3.96. The van der Waals surface area contributed by atoms with Gasteiger partial charge >= 0.3 is 0 Å². The summed E-state index contributed by atoms with van der Waals surface area (Å²) in [4.78, 5) is 19.5. The lowest BCUT2D eigenvalue weighted by atomic mass is 9.86. The molecule has 0 aromatic heterocycles. The zero-order valence-electron chi connectivity index (χ0n) is 15.5. The molecule has 1 heterocycles. The van der Waals surface area contributed by atoms with Gasteiger partial charge in [0.1, 0.15) is 0 Å². The van der Waals surface area contributed by atoms with E-state index in [-0.39, 0.29) is 18.6 Å². The van der Waals surface area contributed by atoms with Gasteiger partial charge in [0.15, 0.2) is 12.4 Å². The van der Waals surface area contributed by atoms with Crippen molar-refractivity contribution < 1.29 is 9.63 Å². The van der Waals surface area contributed by atoms with Gasteiger partial charge in [0.2, 0.25) is 0 Å². The molecule has 1 aliphatic heterocycles. The zero-order valence-corrected chi connectivity index (χ0v) is 15.5. The number of nitrogens with two attached hydrogens (primary N) is 1. The van der Waals surface area contributed by atoms with Crippen LogP contribution in [0, 0.1) is 5.92 Å². The molecular weight excluding hydrogens is 304 g/mol. The normalized spacial score (nSPS) is 32.4. The fraction of sp³-hybridized carbons (Fsp3) is 0.889. The summed E-state index contributed by atoms with van der Waals surface area (Å²) < 4.78 is 0. The molecule has 1 aliphatic carbocycles. The average molecular weight is 338 g/mol. The van der Waals surface area contributed by atoms with E-state index in [1.54, 1.807) is 0 Å². The largest absolute Gasteiger partial charge is 0.384 e. The fourth-order valence-electron chi connectivity index (χ4n) is 3.96. The van der Waals surface area contributed by atoms with Crippen LogP contribution in [0.4, 0.5) is 0 Å². The summed E-state index contributed by atoms with van der Waals surface area (Å²) in [5.41, 5.74) is 5.97. The first-order valence-electron chi connectivity index (χ1n) is 9.46. The van der Waals surface area contributed by atoms with Gasteiger partial charge in [-0.3, -0.25) is 9.69 Å². The number of rotatable bonds is 6. The number of amidine groups is 1. The minimum Gasteiger partial charge on any atom is -0.384 e. The Morgan fingerprint density at radius 1 is 1.12 bits per heavy atom. The molecule has 138 valence electrons. The lowest BCUT2D eigenvalue weighted by molar-refractivity contribution is -0.127. The van der Waals surface area contributed by atoms with E-state index in [9.17, 15) is 4.79 Å². The number of oxime groups is 1. The van der Waals surface area contributed by atoms with Gasteiger partial charge in [0, 0.05) is 18.1 Å². The van der Waals surface area contributed by atoms with Gasteiger partial charge < -0.3 is 15.9 Å². The van der Waals surface area contributed by atoms with Crippen LogP contribution in [-0.4, -0.2) is 47.9 Å². The number of likely N-dealkylation sites (tertiary alicyclic amines) is 1. The second kappa shape index (κ2) is 9.25. The molecule has 2 fully saturated rings. The Morgan fingerprint density at radius 2 is 1.79 bits per heavy atom. The Bertz CT molecular complexity index is 431. The van der Waals surface area contributed by atoms with E-state index in [1.165, 1.54) is 38.5 Å². The Morgan fingerprint density at radius 3 is 2.46 bits per heavy atom. The average Bonchev–Trinajstić information content (AvgIpc) is 2.53. The van der Waals surface area contributed by atoms with Crippen molar-refractivity contribution in [1.82, 2.24) is 10.2 Å². The van der Waals surface area contributed by atoms with Crippen LogP contribution in [0.15, 0.2) is 5.16 Å². The molecule has 1 amide bonds. The molecule has 2 rings (SSSR count). The number of amides is 1. The zero-order chi connectivity index (χ0) is 17.5. The van der Waals surface area contributed by atoms with Crippen LogP contribution in [-0.2, 0) is 9.63 Å². The van der Waals surface area contributed by atoms with Crippen LogP contribution in [0.25, 0.3) is 0 Å². The lowest BCUT2D eigenvalue weighted by Crippen LogP contribution is -2.47. The Kier molecular flexibility index (Phi) is 7.34. The van der Waals surface area contributed by atoms with E-state index in [4.69, 9.17) is 10.6 Å². The third-order valence-electron chi connectivity index (χ3n) is 5.56. The first kappa shape index (κ1) is 19.0. The van der Waals surface area contributed by atoms with Crippen LogP contribution >= 0.6 is 0 Å². The predicted molar refractivity (Wildman–Crippen MR) is 96.6 cm³/mol. The van der Waals surface area contributed by atoms with Crippen molar-refractivity contribution >= 4 is 11.7 Å². The van der Waals surface area contributed by atoms with Crippen LogP contribution in [0.2, 0.25) is 0 Å². The standard InChI is InChI=1S/C18H34N4O2/c1-13-7-4-5-10-16(13)20-18(23)12-24-21-17(19)11-22-14(2)8-6-9-15(22)3/h13-16H,4-12H2,1-3H3,(H2,19,21)(H,20,23)/t13-,14-,15+,16-/m1/s1. The molecule has 3 N–H and O–H groups in total. The number of hydrogen-bond donors (Lipinski definition) is 2. The highest BCUT2D eigenvalue weighted by Gasteiger charge is 2.25. The third kappa shape index (κ3) is 5.65. The van der Waals surface area contributed by atoms with Gasteiger partial charge in [-0.05, 0) is 45.4 Å². The Hall–Kier alpha value is -1.30. The molecule has 0 aromatic carbocycles. The van der Waals surface area contributed by atoms with Gasteiger partial charge in [0.25, 0.3) is 5.91 Å². The molecule has 6 nitrogen and oxygen atoms in total. The van der Waals surface area contributed by atoms with E-state index in [2.05, 4.69) is 36.1 Å². The summed E-state index contributed by atoms with van der Waals surface area (Å²) >= 11 is 0. The molecule has 0 radical (unpaired) electrons. The maximum Gasteiger partial charge on any atom is 0.261 e. The van der Waals surface area contributed by atoms with Crippen molar-refractivity contribution in [3.63, 3.8) is 0 Å². The van der Waals surface area contributed by atoms with Crippen molar-refractivity contribution in [2.75, 3.05) is 13.2 Å². The van der Waals surface area contributed by atoms with Gasteiger partial charge in [0.05, 0.1) is 6.54 Å². The number of nitrogens with one attached hydrogen (secondary N) is 1. The SMILES string of the molecule is C[C@@H]1CCCC[C@H]1NC(=O)CO/N=C(/N)CN1[C@H](C)CCC[C@@H]1C. The second-order valence-corrected chi connectivity index (χ2v) is 7.59. The topological polar surface area (TPSA) is 79.9 Å². The van der Waals surface area contributed by atoms with Crippen molar-refractivity contribution in [3.8, 4) is 0 Å². The van der Waals surface area contributed by atoms with Crippen LogP contribution in [0.1, 0.15) is 65.7 Å². The minimum atomic E-state index is -0.106. The highest BCUT2D eigenvalue weighted by Crippen LogP contribution is 2.23. The maximum atomic E-state index is 12.0. The smallest absolute Gasteiger partial charge is 0.261 e.